The second-order valence-electron chi connectivity index (χ2n) is 7.02. The molecule has 1 amide bonds. The topological polar surface area (TPSA) is 77.7 Å². The van der Waals surface area contributed by atoms with Crippen LogP contribution in [0.3, 0.4) is 0 Å². The lowest BCUT2D eigenvalue weighted by molar-refractivity contribution is -0.0481. The van der Waals surface area contributed by atoms with Crippen LogP contribution in [0.2, 0.25) is 0 Å². The molecule has 150 valence electrons. The summed E-state index contributed by atoms with van der Waals surface area (Å²) in [5.74, 6) is 0.378. The van der Waals surface area contributed by atoms with Crippen molar-refractivity contribution in [2.45, 2.75) is 18.6 Å². The summed E-state index contributed by atoms with van der Waals surface area (Å²) in [6, 6.07) is 16.2. The van der Waals surface area contributed by atoms with Crippen LogP contribution in [0.5, 0.6) is 0 Å². The molecule has 2 atom stereocenters. The molecule has 2 unspecified atom stereocenters. The Morgan fingerprint density at radius 3 is 2.90 bits per heavy atom. The number of carbonyl (C=O) groups excluding carboxylic acids is 1. The third kappa shape index (κ3) is 4.46. The molecular weight excluding hydrogens is 373 g/mol. The number of nitrogens with two attached hydrogens (primary N) is 1. The van der Waals surface area contributed by atoms with Crippen LogP contribution in [-0.2, 0) is 15.9 Å². The van der Waals surface area contributed by atoms with E-state index >= 15 is 0 Å². The van der Waals surface area contributed by atoms with Crippen molar-refractivity contribution in [1.29, 1.82) is 0 Å². The minimum atomic E-state index is -0.836. The van der Waals surface area contributed by atoms with E-state index in [1.807, 2.05) is 41.3 Å². The van der Waals surface area contributed by atoms with E-state index in [-0.39, 0.29) is 11.9 Å². The minimum absolute atomic E-state index is 0.310. The first-order valence-electron chi connectivity index (χ1n) is 9.51. The molecule has 1 fully saturated rings. The van der Waals surface area contributed by atoms with Gasteiger partial charge in [-0.3, -0.25) is 0 Å². The van der Waals surface area contributed by atoms with Crippen LogP contribution < -0.4 is 10.6 Å². The fourth-order valence-electron chi connectivity index (χ4n) is 3.71. The zero-order chi connectivity index (χ0) is 20.2. The van der Waals surface area contributed by atoms with Crippen LogP contribution >= 0.6 is 0 Å². The van der Waals surface area contributed by atoms with Gasteiger partial charge in [0.25, 0.3) is 0 Å². The van der Waals surface area contributed by atoms with E-state index in [1.54, 1.807) is 12.3 Å². The number of primary amides is 1. The summed E-state index contributed by atoms with van der Waals surface area (Å²) in [6.07, 6.45) is 0.435. The third-order valence-corrected chi connectivity index (χ3v) is 5.06. The zero-order valence-corrected chi connectivity index (χ0v) is 15.8. The molecule has 1 aliphatic heterocycles. The molecule has 0 aliphatic carbocycles. The molecule has 0 spiro atoms. The maximum atomic E-state index is 13.8. The third-order valence-electron chi connectivity index (χ3n) is 5.06. The molecule has 6 nitrogen and oxygen atoms in total. The van der Waals surface area contributed by atoms with Crippen LogP contribution in [0.1, 0.15) is 5.56 Å². The normalized spacial score (nSPS) is 17.8. The quantitative estimate of drug-likeness (QED) is 0.717. The van der Waals surface area contributed by atoms with Gasteiger partial charge in [-0.05, 0) is 29.1 Å². The SMILES string of the molecule is NC(=O)OC(Cc1ccccc1)C1CN(c2nccc3ccc(F)cc23)CCO1. The van der Waals surface area contributed by atoms with Gasteiger partial charge < -0.3 is 20.1 Å². The van der Waals surface area contributed by atoms with Gasteiger partial charge >= 0.3 is 6.09 Å². The van der Waals surface area contributed by atoms with Crippen molar-refractivity contribution in [2.75, 3.05) is 24.6 Å². The second-order valence-corrected chi connectivity index (χ2v) is 7.02. The predicted molar refractivity (Wildman–Crippen MR) is 108 cm³/mol. The van der Waals surface area contributed by atoms with Crippen molar-refractivity contribution in [3.05, 3.63) is 72.2 Å². The standard InChI is InChI=1S/C22H22FN3O3/c23-17-7-6-16-8-9-25-21(18(16)13-17)26-10-11-28-20(14-26)19(29-22(24)27)12-15-4-2-1-3-5-15/h1-9,13,19-20H,10-12,14H2,(H2,24,27). The monoisotopic (exact) mass is 395 g/mol. The molecule has 0 radical (unpaired) electrons. The Hall–Kier alpha value is -3.19. The van der Waals surface area contributed by atoms with E-state index in [4.69, 9.17) is 15.2 Å². The Morgan fingerprint density at radius 2 is 2.10 bits per heavy atom. The summed E-state index contributed by atoms with van der Waals surface area (Å²) in [7, 11) is 0. The number of fused-ring (bicyclic) bond motifs is 1. The lowest BCUT2D eigenvalue weighted by Crippen LogP contribution is -2.50. The maximum absolute atomic E-state index is 13.8. The first-order valence-corrected chi connectivity index (χ1v) is 9.51. The number of ether oxygens (including phenoxy) is 2. The van der Waals surface area contributed by atoms with Gasteiger partial charge in [0.05, 0.1) is 6.61 Å². The van der Waals surface area contributed by atoms with Crippen molar-refractivity contribution < 1.29 is 18.7 Å². The number of halogens is 1. The summed E-state index contributed by atoms with van der Waals surface area (Å²) < 4.78 is 25.1. The Labute approximate surface area is 168 Å². The van der Waals surface area contributed by atoms with Gasteiger partial charge in [0.1, 0.15) is 23.8 Å². The van der Waals surface area contributed by atoms with E-state index in [2.05, 4.69) is 4.98 Å². The summed E-state index contributed by atoms with van der Waals surface area (Å²) in [6.45, 7) is 1.49. The predicted octanol–water partition coefficient (Wildman–Crippen LogP) is 3.29. The molecule has 29 heavy (non-hydrogen) atoms. The summed E-state index contributed by atoms with van der Waals surface area (Å²) in [5.41, 5.74) is 6.32. The number of hydrogen-bond donors (Lipinski definition) is 1. The van der Waals surface area contributed by atoms with E-state index in [0.29, 0.717) is 31.9 Å². The zero-order valence-electron chi connectivity index (χ0n) is 15.8. The van der Waals surface area contributed by atoms with Crippen molar-refractivity contribution in [3.63, 3.8) is 0 Å². The number of rotatable bonds is 5. The molecule has 0 bridgehead atoms. The summed E-state index contributed by atoms with van der Waals surface area (Å²) in [5, 5.41) is 1.65. The molecule has 3 aromatic rings. The average molecular weight is 395 g/mol. The van der Waals surface area contributed by atoms with Gasteiger partial charge in [0.2, 0.25) is 0 Å². The number of pyridine rings is 1. The highest BCUT2D eigenvalue weighted by atomic mass is 19.1. The summed E-state index contributed by atoms with van der Waals surface area (Å²) >= 11 is 0. The van der Waals surface area contributed by atoms with E-state index in [9.17, 15) is 9.18 Å². The fraction of sp³-hybridized carbons (Fsp3) is 0.273. The van der Waals surface area contributed by atoms with Gasteiger partial charge in [-0.15, -0.1) is 0 Å². The van der Waals surface area contributed by atoms with Crippen LogP contribution in [0, 0.1) is 5.82 Å². The molecule has 4 rings (SSSR count). The van der Waals surface area contributed by atoms with Crippen molar-refractivity contribution in [2.24, 2.45) is 5.73 Å². The van der Waals surface area contributed by atoms with Crippen LogP contribution in [0.15, 0.2) is 60.8 Å². The highest BCUT2D eigenvalue weighted by Crippen LogP contribution is 2.28. The van der Waals surface area contributed by atoms with Gasteiger partial charge in [-0.1, -0.05) is 36.4 Å². The molecular formula is C22H22FN3O3. The number of hydrogen-bond acceptors (Lipinski definition) is 5. The lowest BCUT2D eigenvalue weighted by Gasteiger charge is -2.37. The number of nitrogens with zero attached hydrogens (tertiary/aromatic N) is 2. The van der Waals surface area contributed by atoms with Crippen LogP contribution in [-0.4, -0.2) is 43.0 Å². The Morgan fingerprint density at radius 1 is 1.28 bits per heavy atom. The van der Waals surface area contributed by atoms with Gasteiger partial charge in [0.15, 0.2) is 0 Å². The van der Waals surface area contributed by atoms with Gasteiger partial charge in [-0.2, -0.15) is 0 Å². The molecule has 2 aromatic carbocycles. The largest absolute Gasteiger partial charge is 0.443 e. The Kier molecular flexibility index (Phi) is 5.57. The van der Waals surface area contributed by atoms with Gasteiger partial charge in [-0.25, -0.2) is 14.2 Å². The number of morpholine rings is 1. The first kappa shape index (κ1) is 19.1. The molecule has 2 heterocycles. The van der Waals surface area contributed by atoms with E-state index in [0.717, 1.165) is 16.3 Å². The Bertz CT molecular complexity index is 999. The van der Waals surface area contributed by atoms with Crippen molar-refractivity contribution in [3.8, 4) is 0 Å². The maximum Gasteiger partial charge on any atom is 0.404 e. The average Bonchev–Trinajstić information content (AvgIpc) is 2.73. The molecule has 1 aromatic heterocycles. The second kappa shape index (κ2) is 8.45. The van der Waals surface area contributed by atoms with Crippen molar-refractivity contribution in [1.82, 2.24) is 4.98 Å². The van der Waals surface area contributed by atoms with Crippen molar-refractivity contribution >= 4 is 22.7 Å². The number of anilines is 1. The Balaban J connectivity index is 1.59. The number of benzene rings is 2. The van der Waals surface area contributed by atoms with Gasteiger partial charge in [0, 0.05) is 31.1 Å². The van der Waals surface area contributed by atoms with E-state index < -0.39 is 12.2 Å². The van der Waals surface area contributed by atoms with Crippen LogP contribution in [0.25, 0.3) is 10.8 Å². The molecule has 2 N–H and O–H groups in total. The fourth-order valence-corrected chi connectivity index (χ4v) is 3.71. The highest BCUT2D eigenvalue weighted by Gasteiger charge is 2.32. The minimum Gasteiger partial charge on any atom is -0.443 e. The highest BCUT2D eigenvalue weighted by molar-refractivity contribution is 5.92. The lowest BCUT2D eigenvalue weighted by atomic mass is 10.0. The number of carbonyl (C=O) groups is 1. The first-order chi connectivity index (χ1) is 14.1. The van der Waals surface area contributed by atoms with Crippen LogP contribution in [0.4, 0.5) is 15.0 Å². The molecule has 0 saturated carbocycles. The van der Waals surface area contributed by atoms with E-state index in [1.165, 1.54) is 12.1 Å². The number of aromatic nitrogens is 1. The summed E-state index contributed by atoms with van der Waals surface area (Å²) in [4.78, 5) is 18.0. The number of amides is 1. The smallest absolute Gasteiger partial charge is 0.404 e. The molecule has 1 aliphatic rings. The molecule has 7 heteroatoms. The molecule has 1 saturated heterocycles.